The third-order valence-electron chi connectivity index (χ3n) is 3.66. The van der Waals surface area contributed by atoms with Gasteiger partial charge in [-0.2, -0.15) is 0 Å². The maximum atomic E-state index is 12.4. The molecular weight excluding hydrogens is 362 g/mol. The van der Waals surface area contributed by atoms with Crippen LogP contribution in [0.25, 0.3) is 10.2 Å². The smallest absolute Gasteiger partial charge is 0.271 e. The molecule has 1 heterocycles. The molecule has 6 nitrogen and oxygen atoms in total. The van der Waals surface area contributed by atoms with Crippen molar-refractivity contribution in [1.82, 2.24) is 9.99 Å². The van der Waals surface area contributed by atoms with E-state index in [0.717, 1.165) is 10.2 Å². The Morgan fingerprint density at radius 3 is 2.68 bits per heavy atom. The highest BCUT2D eigenvalue weighted by Gasteiger charge is 2.15. The van der Waals surface area contributed by atoms with Crippen LogP contribution in [0.4, 0.5) is 0 Å². The second-order valence-corrected chi connectivity index (χ2v) is 6.57. The number of hydrogen-bond donors (Lipinski definition) is 1. The monoisotopic (exact) mass is 377 g/mol. The summed E-state index contributed by atoms with van der Waals surface area (Å²) >= 11 is 7.62. The van der Waals surface area contributed by atoms with Crippen LogP contribution in [0.2, 0.25) is 5.02 Å². The zero-order valence-corrected chi connectivity index (χ0v) is 15.4. The summed E-state index contributed by atoms with van der Waals surface area (Å²) in [5.41, 5.74) is 3.93. The summed E-state index contributed by atoms with van der Waals surface area (Å²) in [5.74, 6) is 0.376. The van der Waals surface area contributed by atoms with Gasteiger partial charge in [-0.3, -0.25) is 4.79 Å². The first-order valence-corrected chi connectivity index (χ1v) is 8.54. The predicted octanol–water partition coefficient (Wildman–Crippen LogP) is 3.16. The molecule has 0 fully saturated rings. The number of thiazole rings is 1. The van der Waals surface area contributed by atoms with Gasteiger partial charge in [0.15, 0.2) is 11.5 Å². The highest BCUT2D eigenvalue weighted by molar-refractivity contribution is 7.16. The number of aryl methyl sites for hydroxylation is 1. The van der Waals surface area contributed by atoms with Gasteiger partial charge in [0, 0.05) is 12.6 Å². The van der Waals surface area contributed by atoms with Crippen LogP contribution in [0.5, 0.6) is 11.5 Å². The number of nitrogens with zero attached hydrogens (tertiary/aromatic N) is 2. The molecule has 0 saturated carbocycles. The van der Waals surface area contributed by atoms with Crippen molar-refractivity contribution in [2.45, 2.75) is 0 Å². The van der Waals surface area contributed by atoms with E-state index in [1.165, 1.54) is 31.6 Å². The zero-order valence-electron chi connectivity index (χ0n) is 13.9. The van der Waals surface area contributed by atoms with Crippen LogP contribution in [0, 0.1) is 0 Å². The summed E-state index contributed by atoms with van der Waals surface area (Å²) in [5, 5.41) is 4.50. The molecule has 8 heteroatoms. The molecule has 0 radical (unpaired) electrons. The molecule has 0 aliphatic heterocycles. The minimum atomic E-state index is -0.389. The lowest BCUT2D eigenvalue weighted by molar-refractivity contribution is 0.0952. The second-order valence-electron chi connectivity index (χ2n) is 5.16. The van der Waals surface area contributed by atoms with Gasteiger partial charge in [-0.1, -0.05) is 35.1 Å². The topological polar surface area (TPSA) is 64.8 Å². The number of halogens is 1. The average Bonchev–Trinajstić information content (AvgIpc) is 2.95. The first kappa shape index (κ1) is 17.3. The molecule has 0 atom stereocenters. The third kappa shape index (κ3) is 3.33. The molecule has 1 amide bonds. The summed E-state index contributed by atoms with van der Waals surface area (Å²) in [4.78, 5) is 13.1. The number of fused-ring (bicyclic) bond motifs is 1. The molecule has 0 aliphatic rings. The summed E-state index contributed by atoms with van der Waals surface area (Å²) in [6.45, 7) is 0. The number of carbonyl (C=O) groups is 1. The van der Waals surface area contributed by atoms with E-state index in [9.17, 15) is 4.79 Å². The number of rotatable bonds is 4. The average molecular weight is 378 g/mol. The minimum absolute atomic E-state index is 0.291. The van der Waals surface area contributed by atoms with Crippen molar-refractivity contribution in [1.29, 1.82) is 0 Å². The van der Waals surface area contributed by atoms with E-state index in [2.05, 4.69) is 10.5 Å². The fraction of sp³-hybridized carbons (Fsp3) is 0.176. The van der Waals surface area contributed by atoms with Crippen LogP contribution in [-0.4, -0.2) is 24.7 Å². The molecule has 1 aromatic heterocycles. The summed E-state index contributed by atoms with van der Waals surface area (Å²) in [7, 11) is 4.87. The molecule has 2 aromatic carbocycles. The van der Waals surface area contributed by atoms with Gasteiger partial charge in [0.2, 0.25) is 4.80 Å². The second kappa shape index (κ2) is 7.16. The predicted molar refractivity (Wildman–Crippen MR) is 98.4 cm³/mol. The van der Waals surface area contributed by atoms with E-state index >= 15 is 0 Å². The van der Waals surface area contributed by atoms with Crippen molar-refractivity contribution in [3.05, 3.63) is 51.8 Å². The van der Waals surface area contributed by atoms with Gasteiger partial charge in [0.1, 0.15) is 0 Å². The van der Waals surface area contributed by atoms with E-state index < -0.39 is 0 Å². The van der Waals surface area contributed by atoms with Gasteiger partial charge in [0.05, 0.1) is 29.5 Å². The van der Waals surface area contributed by atoms with Crippen molar-refractivity contribution in [2.75, 3.05) is 14.2 Å². The molecule has 0 spiro atoms. The normalized spacial score (nSPS) is 11.6. The SMILES string of the molecule is COc1cc(C(=O)N/N=c2\sc3ccccc3n2C)cc(Cl)c1OC. The zero-order chi connectivity index (χ0) is 18.0. The van der Waals surface area contributed by atoms with Crippen molar-refractivity contribution in [3.8, 4) is 11.5 Å². The first-order chi connectivity index (χ1) is 12.0. The van der Waals surface area contributed by atoms with Crippen LogP contribution in [0.1, 0.15) is 10.4 Å². The molecule has 130 valence electrons. The lowest BCUT2D eigenvalue weighted by atomic mass is 10.2. The van der Waals surface area contributed by atoms with E-state index in [4.69, 9.17) is 21.1 Å². The number of hydrogen-bond acceptors (Lipinski definition) is 5. The number of ether oxygens (including phenoxy) is 2. The fourth-order valence-corrected chi connectivity index (χ4v) is 3.67. The highest BCUT2D eigenvalue weighted by Crippen LogP contribution is 2.35. The number of amides is 1. The lowest BCUT2D eigenvalue weighted by Gasteiger charge is -2.10. The van der Waals surface area contributed by atoms with E-state index in [0.29, 0.717) is 26.9 Å². The number of nitrogens with one attached hydrogen (secondary N) is 1. The van der Waals surface area contributed by atoms with Gasteiger partial charge >= 0.3 is 0 Å². The summed E-state index contributed by atoms with van der Waals surface area (Å²) in [6.07, 6.45) is 0. The molecule has 3 rings (SSSR count). The Balaban J connectivity index is 1.92. The quantitative estimate of drug-likeness (QED) is 0.710. The van der Waals surface area contributed by atoms with Gasteiger partial charge in [-0.15, -0.1) is 5.10 Å². The van der Waals surface area contributed by atoms with Crippen LogP contribution >= 0.6 is 22.9 Å². The molecule has 0 unspecified atom stereocenters. The van der Waals surface area contributed by atoms with Crippen molar-refractivity contribution in [3.63, 3.8) is 0 Å². The van der Waals surface area contributed by atoms with Gasteiger partial charge in [-0.05, 0) is 24.3 Å². The lowest BCUT2D eigenvalue weighted by Crippen LogP contribution is -2.23. The Kier molecular flexibility index (Phi) is 4.96. The number of methoxy groups -OCH3 is 2. The molecule has 1 N–H and O–H groups in total. The van der Waals surface area contributed by atoms with Crippen LogP contribution in [0.3, 0.4) is 0 Å². The van der Waals surface area contributed by atoms with E-state index in [-0.39, 0.29) is 5.91 Å². The van der Waals surface area contributed by atoms with Gasteiger partial charge < -0.3 is 14.0 Å². The molecule has 0 bridgehead atoms. The Labute approximate surface area is 153 Å². The minimum Gasteiger partial charge on any atom is -0.493 e. The summed E-state index contributed by atoms with van der Waals surface area (Å²) < 4.78 is 13.4. The maximum absolute atomic E-state index is 12.4. The first-order valence-electron chi connectivity index (χ1n) is 7.35. The van der Waals surface area contributed by atoms with Gasteiger partial charge in [-0.25, -0.2) is 5.43 Å². The van der Waals surface area contributed by atoms with E-state index in [1.54, 1.807) is 6.07 Å². The number of para-hydroxylation sites is 1. The van der Waals surface area contributed by atoms with E-state index in [1.807, 2.05) is 35.9 Å². The fourth-order valence-electron chi connectivity index (χ4n) is 2.40. The molecular formula is C17H16ClN3O3S. The number of aromatic nitrogens is 1. The maximum Gasteiger partial charge on any atom is 0.271 e. The summed E-state index contributed by atoms with van der Waals surface area (Å²) in [6, 6.07) is 11.0. The number of carbonyl (C=O) groups excluding carboxylic acids is 1. The largest absolute Gasteiger partial charge is 0.493 e. The molecule has 3 aromatic rings. The third-order valence-corrected chi connectivity index (χ3v) is 5.06. The Morgan fingerprint density at radius 2 is 2.00 bits per heavy atom. The van der Waals surface area contributed by atoms with Crippen LogP contribution in [-0.2, 0) is 7.05 Å². The van der Waals surface area contributed by atoms with Crippen molar-refractivity contribution in [2.24, 2.45) is 12.1 Å². The Morgan fingerprint density at radius 1 is 1.24 bits per heavy atom. The standard InChI is InChI=1S/C17H16ClN3O3S/c1-21-12-6-4-5-7-14(12)25-17(21)20-19-16(22)10-8-11(18)15(24-3)13(9-10)23-2/h4-9H,1-3H3,(H,19,22)/b20-17-. The van der Waals surface area contributed by atoms with Gasteiger partial charge in [0.25, 0.3) is 5.91 Å². The van der Waals surface area contributed by atoms with Crippen molar-refractivity contribution >= 4 is 39.1 Å². The highest BCUT2D eigenvalue weighted by atomic mass is 35.5. The Bertz CT molecular complexity index is 1010. The molecule has 0 saturated heterocycles. The van der Waals surface area contributed by atoms with Crippen LogP contribution < -0.4 is 19.7 Å². The molecule has 0 aliphatic carbocycles. The Hall–Kier alpha value is -2.51. The molecule has 25 heavy (non-hydrogen) atoms. The number of benzene rings is 2. The van der Waals surface area contributed by atoms with Crippen molar-refractivity contribution < 1.29 is 14.3 Å². The van der Waals surface area contributed by atoms with Crippen LogP contribution in [0.15, 0.2) is 41.5 Å².